The zero-order valence-corrected chi connectivity index (χ0v) is 25.7. The summed E-state index contributed by atoms with van der Waals surface area (Å²) in [5.74, 6) is -2.67. The number of ether oxygens (including phenoxy) is 1. The number of hydrogen-bond acceptors (Lipinski definition) is 5. The van der Waals surface area contributed by atoms with Crippen molar-refractivity contribution in [2.75, 3.05) is 29.5 Å². The Morgan fingerprint density at radius 3 is 2.30 bits per heavy atom. The number of aliphatic hydroxyl groups is 1. The van der Waals surface area contributed by atoms with Crippen LogP contribution in [0.4, 0.5) is 11.4 Å². The predicted octanol–water partition coefficient (Wildman–Crippen LogP) is 4.53. The van der Waals surface area contributed by atoms with Gasteiger partial charge in [-0.2, -0.15) is 0 Å². The van der Waals surface area contributed by atoms with Gasteiger partial charge >= 0.3 is 0 Å². The van der Waals surface area contributed by atoms with E-state index in [1.807, 2.05) is 94.5 Å². The first-order valence-electron chi connectivity index (χ1n) is 15.0. The van der Waals surface area contributed by atoms with Gasteiger partial charge in [0.25, 0.3) is 5.91 Å². The maximum absolute atomic E-state index is 14.8. The molecule has 4 aliphatic rings. The SMILES string of the molecule is Cc1cccc(Cl)c1N1CC=C[C@]23O[C@]4(C)C=CCN(c5ccccc5)C(=O)[C@@H]4[C@H]2C(=O)N([C@@H](CO)CC(C)C)C3C1=O. The summed E-state index contributed by atoms with van der Waals surface area (Å²) in [7, 11) is 0. The highest BCUT2D eigenvalue weighted by Gasteiger charge is 2.75. The summed E-state index contributed by atoms with van der Waals surface area (Å²) in [5.41, 5.74) is -0.456. The highest BCUT2D eigenvalue weighted by molar-refractivity contribution is 6.34. The van der Waals surface area contributed by atoms with E-state index in [2.05, 4.69) is 0 Å². The zero-order chi connectivity index (χ0) is 30.7. The lowest BCUT2D eigenvalue weighted by molar-refractivity contribution is -0.148. The Kier molecular flexibility index (Phi) is 7.51. The molecule has 9 heteroatoms. The minimum atomic E-state index is -1.43. The Morgan fingerprint density at radius 1 is 0.930 bits per heavy atom. The fraction of sp³-hybridized carbons (Fsp3) is 0.441. The average molecular weight is 604 g/mol. The van der Waals surface area contributed by atoms with E-state index in [9.17, 15) is 19.5 Å². The fourth-order valence-electron chi connectivity index (χ4n) is 7.68. The number of nitrogens with zero attached hydrogens (tertiary/aromatic N) is 3. The van der Waals surface area contributed by atoms with E-state index < -0.39 is 35.1 Å². The van der Waals surface area contributed by atoms with Gasteiger partial charge < -0.3 is 24.5 Å². The van der Waals surface area contributed by atoms with E-state index in [0.29, 0.717) is 23.7 Å². The van der Waals surface area contributed by atoms with E-state index in [1.165, 1.54) is 4.90 Å². The molecular weight excluding hydrogens is 566 g/mol. The molecule has 0 bridgehead atoms. The van der Waals surface area contributed by atoms with E-state index in [4.69, 9.17) is 16.3 Å². The number of rotatable bonds is 6. The lowest BCUT2D eigenvalue weighted by Gasteiger charge is -2.40. The molecule has 0 aromatic heterocycles. The standard InChI is InChI=1S/C34H38ClN3O5/c1-21(2)19-24(20-39)38-29-32(42)37(28-22(3)11-8-14-25(28)35)18-10-16-34(29)27(31(38)41)26-30(40)36(23-12-6-5-7-13-23)17-9-15-33(26,4)43-34/h5-16,21,24,26-27,29,39H,17-20H2,1-4H3/t24-,26+,27+,29?,33-,34+/m1/s1. The number of fused-ring (bicyclic) bond motifs is 2. The Morgan fingerprint density at radius 2 is 1.63 bits per heavy atom. The topological polar surface area (TPSA) is 90.4 Å². The molecular formula is C34H38ClN3O5. The summed E-state index contributed by atoms with van der Waals surface area (Å²) in [6, 6.07) is 13.1. The smallest absolute Gasteiger partial charge is 0.253 e. The molecule has 1 N–H and O–H groups in total. The van der Waals surface area contributed by atoms with E-state index in [-0.39, 0.29) is 36.8 Å². The summed E-state index contributed by atoms with van der Waals surface area (Å²) in [5, 5.41) is 11.0. The van der Waals surface area contributed by atoms with Gasteiger partial charge in [-0.05, 0) is 49.9 Å². The molecule has 6 atom stereocenters. The number of hydrogen-bond donors (Lipinski definition) is 1. The maximum atomic E-state index is 14.8. The van der Waals surface area contributed by atoms with Gasteiger partial charge in [0, 0.05) is 18.8 Å². The molecule has 1 spiro atoms. The van der Waals surface area contributed by atoms with Crippen molar-refractivity contribution in [2.45, 2.75) is 57.4 Å². The molecule has 2 saturated heterocycles. The Bertz CT molecular complexity index is 1490. The molecule has 4 heterocycles. The number of amides is 3. The lowest BCUT2D eigenvalue weighted by atomic mass is 9.74. The van der Waals surface area contributed by atoms with Gasteiger partial charge in [-0.1, -0.05) is 80.1 Å². The predicted molar refractivity (Wildman–Crippen MR) is 166 cm³/mol. The summed E-state index contributed by atoms with van der Waals surface area (Å²) in [6.45, 7) is 7.98. The Hall–Kier alpha value is -3.46. The molecule has 4 aliphatic heterocycles. The minimum Gasteiger partial charge on any atom is -0.394 e. The molecule has 0 saturated carbocycles. The van der Waals surface area contributed by atoms with Crippen molar-refractivity contribution in [2.24, 2.45) is 17.8 Å². The van der Waals surface area contributed by atoms with Gasteiger partial charge in [0.15, 0.2) is 0 Å². The first-order valence-corrected chi connectivity index (χ1v) is 15.3. The molecule has 3 amide bonds. The van der Waals surface area contributed by atoms with Crippen molar-refractivity contribution in [1.29, 1.82) is 0 Å². The van der Waals surface area contributed by atoms with Gasteiger partial charge in [-0.25, -0.2) is 0 Å². The molecule has 6 rings (SSSR count). The molecule has 226 valence electrons. The molecule has 43 heavy (non-hydrogen) atoms. The van der Waals surface area contributed by atoms with Crippen LogP contribution in [0.5, 0.6) is 0 Å². The van der Waals surface area contributed by atoms with E-state index in [1.54, 1.807) is 15.9 Å². The normalized spacial score (nSPS) is 30.8. The second kappa shape index (κ2) is 10.9. The van der Waals surface area contributed by atoms with Crippen LogP contribution in [-0.4, -0.2) is 70.7 Å². The largest absolute Gasteiger partial charge is 0.394 e. The van der Waals surface area contributed by atoms with E-state index >= 15 is 0 Å². The van der Waals surface area contributed by atoms with Crippen LogP contribution >= 0.6 is 11.6 Å². The second-order valence-electron chi connectivity index (χ2n) is 12.7. The Balaban J connectivity index is 1.52. The minimum absolute atomic E-state index is 0.141. The van der Waals surface area contributed by atoms with Crippen LogP contribution in [-0.2, 0) is 19.1 Å². The number of benzene rings is 2. The van der Waals surface area contributed by atoms with Crippen LogP contribution in [0.25, 0.3) is 0 Å². The number of anilines is 2. The highest BCUT2D eigenvalue weighted by Crippen LogP contribution is 2.58. The van der Waals surface area contributed by atoms with Crippen LogP contribution in [0, 0.1) is 24.7 Å². The van der Waals surface area contributed by atoms with Crippen LogP contribution < -0.4 is 9.80 Å². The number of carbonyl (C=O) groups excluding carboxylic acids is 3. The van der Waals surface area contributed by atoms with Crippen molar-refractivity contribution in [3.63, 3.8) is 0 Å². The third-order valence-corrected chi connectivity index (χ3v) is 9.67. The van der Waals surface area contributed by atoms with Gasteiger partial charge in [0.05, 0.1) is 40.8 Å². The van der Waals surface area contributed by atoms with Crippen LogP contribution in [0.2, 0.25) is 5.02 Å². The lowest BCUT2D eigenvalue weighted by Crippen LogP contribution is -2.59. The quantitative estimate of drug-likeness (QED) is 0.490. The zero-order valence-electron chi connectivity index (χ0n) is 24.9. The van der Waals surface area contributed by atoms with Crippen LogP contribution in [0.15, 0.2) is 72.8 Å². The monoisotopic (exact) mass is 603 g/mol. The molecule has 8 nitrogen and oxygen atoms in total. The number of aliphatic hydroxyl groups excluding tert-OH is 1. The second-order valence-corrected chi connectivity index (χ2v) is 13.1. The number of likely N-dealkylation sites (tertiary alicyclic amines) is 1. The number of para-hydroxylation sites is 2. The van der Waals surface area contributed by atoms with Gasteiger partial charge in [-0.3, -0.25) is 14.4 Å². The summed E-state index contributed by atoms with van der Waals surface area (Å²) in [6.07, 6.45) is 7.92. The molecule has 1 unspecified atom stereocenters. The molecule has 2 aromatic carbocycles. The van der Waals surface area contributed by atoms with E-state index in [0.717, 1.165) is 11.3 Å². The molecule has 2 fully saturated rings. The Labute approximate surface area is 257 Å². The van der Waals surface area contributed by atoms with Crippen molar-refractivity contribution >= 4 is 40.7 Å². The molecule has 0 radical (unpaired) electrons. The van der Waals surface area contributed by atoms with Gasteiger partial charge in [0.2, 0.25) is 11.8 Å². The number of carbonyl (C=O) groups is 3. The summed E-state index contributed by atoms with van der Waals surface area (Å²) < 4.78 is 6.95. The third kappa shape index (κ3) is 4.53. The molecule has 0 aliphatic carbocycles. The maximum Gasteiger partial charge on any atom is 0.253 e. The fourth-order valence-corrected chi connectivity index (χ4v) is 8.00. The van der Waals surface area contributed by atoms with Crippen LogP contribution in [0.3, 0.4) is 0 Å². The molecule has 2 aromatic rings. The first kappa shape index (κ1) is 29.6. The van der Waals surface area contributed by atoms with Crippen molar-refractivity contribution in [3.8, 4) is 0 Å². The van der Waals surface area contributed by atoms with Crippen molar-refractivity contribution in [1.82, 2.24) is 4.90 Å². The van der Waals surface area contributed by atoms with Gasteiger partial charge in [-0.15, -0.1) is 0 Å². The number of aryl methyl sites for hydroxylation is 1. The summed E-state index contributed by atoms with van der Waals surface area (Å²) >= 11 is 6.66. The van der Waals surface area contributed by atoms with Crippen LogP contribution in [0.1, 0.15) is 32.8 Å². The highest BCUT2D eigenvalue weighted by atomic mass is 35.5. The summed E-state index contributed by atoms with van der Waals surface area (Å²) in [4.78, 5) is 48.9. The average Bonchev–Trinajstić information content (AvgIpc) is 3.24. The number of halogens is 1. The first-order chi connectivity index (χ1) is 20.5. The third-order valence-electron chi connectivity index (χ3n) is 9.37. The van der Waals surface area contributed by atoms with Crippen molar-refractivity contribution < 1.29 is 24.2 Å². The van der Waals surface area contributed by atoms with Gasteiger partial charge in [0.1, 0.15) is 11.6 Å². The van der Waals surface area contributed by atoms with Crippen molar-refractivity contribution in [3.05, 3.63) is 83.4 Å².